The van der Waals surface area contributed by atoms with E-state index in [9.17, 15) is 14.4 Å². The number of hydrogen-bond donors (Lipinski definition) is 3. The Kier molecular flexibility index (Phi) is 19.9. The summed E-state index contributed by atoms with van der Waals surface area (Å²) in [6.45, 7) is 17.8. The summed E-state index contributed by atoms with van der Waals surface area (Å²) in [5.41, 5.74) is 1.11. The van der Waals surface area contributed by atoms with E-state index in [0.717, 1.165) is 82.7 Å². The lowest BCUT2D eigenvalue weighted by atomic mass is 9.92. The maximum Gasteiger partial charge on any atom is 0.379 e. The van der Waals surface area contributed by atoms with Crippen LogP contribution in [0.3, 0.4) is 0 Å². The zero-order valence-electron chi connectivity index (χ0n) is 31.2. The van der Waals surface area contributed by atoms with Crippen molar-refractivity contribution in [1.29, 1.82) is 0 Å². The van der Waals surface area contributed by atoms with E-state index in [-0.39, 0.29) is 18.1 Å². The average Bonchev–Trinajstić information content (AvgIpc) is 3.74. The van der Waals surface area contributed by atoms with Crippen LogP contribution in [0.4, 0.5) is 4.79 Å². The van der Waals surface area contributed by atoms with Crippen molar-refractivity contribution < 1.29 is 38.6 Å². The molecule has 1 aromatic carbocycles. The first-order valence-electron chi connectivity index (χ1n) is 17.3. The molecule has 4 N–H and O–H groups in total. The lowest BCUT2D eigenvalue weighted by molar-refractivity contribution is -0.836. The maximum atomic E-state index is 13.0. The van der Waals surface area contributed by atoms with Crippen LogP contribution in [0.15, 0.2) is 12.1 Å². The van der Waals surface area contributed by atoms with Gasteiger partial charge in [-0.15, -0.1) is 0 Å². The first-order chi connectivity index (χ1) is 22.6. The second kappa shape index (κ2) is 22.1. The molecular weight excluding hydrogens is 634 g/mol. The molecule has 1 aromatic rings. The monoisotopic (exact) mass is 698 g/mol. The number of hydrogen-bond acceptors (Lipinski definition) is 9. The van der Waals surface area contributed by atoms with Gasteiger partial charge in [0.05, 0.1) is 34.8 Å². The molecule has 4 rings (SSSR count). The highest BCUT2D eigenvalue weighted by Gasteiger charge is 2.37. The molecule has 2 saturated heterocycles. The Bertz CT molecular complexity index is 1130. The molecule has 3 aliphatic heterocycles. The third-order valence-electron chi connectivity index (χ3n) is 8.47. The number of likely N-dealkylation sites (tertiary alicyclic amines) is 2. The Morgan fingerprint density at radius 1 is 1.12 bits per heavy atom. The van der Waals surface area contributed by atoms with Gasteiger partial charge in [-0.3, -0.25) is 19.6 Å². The second-order valence-electron chi connectivity index (χ2n) is 13.7. The Morgan fingerprint density at radius 2 is 1.71 bits per heavy atom. The summed E-state index contributed by atoms with van der Waals surface area (Å²) in [5.74, 6) is 3.12. The number of carboxylic acid groups (broad SMARTS) is 1. The summed E-state index contributed by atoms with van der Waals surface area (Å²) < 4.78 is 16.6. The third kappa shape index (κ3) is 14.4. The fourth-order valence-electron chi connectivity index (χ4n) is 5.63. The number of rotatable bonds is 11. The van der Waals surface area contributed by atoms with E-state index in [2.05, 4.69) is 69.0 Å². The summed E-state index contributed by atoms with van der Waals surface area (Å²) in [6, 6.07) is 4.51. The number of carbonyl (C=O) groups excluding carboxylic acids is 2. The molecule has 2 atom stereocenters. The van der Waals surface area contributed by atoms with Gasteiger partial charge in [-0.05, 0) is 63.1 Å². The van der Waals surface area contributed by atoms with Gasteiger partial charge in [-0.2, -0.15) is 0 Å². The van der Waals surface area contributed by atoms with Crippen LogP contribution >= 0.6 is 11.9 Å². The lowest BCUT2D eigenvalue weighted by Crippen LogP contribution is -3.02. The lowest BCUT2D eigenvalue weighted by Gasteiger charge is -2.27. The minimum absolute atomic E-state index is 0.0873. The SMILES string of the molecule is CCCCN(CCCC)C(=O)CN1C[C@H](c2cc(OC)c3c(c2)OCO3)C[C@@H]1C.CCN1CCC(C)(C)C1=O.C[NH+](C)C.NSC(=O)O. The molecule has 0 aromatic heterocycles. The summed E-state index contributed by atoms with van der Waals surface area (Å²) >= 11 is 0.296. The van der Waals surface area contributed by atoms with Crippen LogP contribution < -0.4 is 24.2 Å². The van der Waals surface area contributed by atoms with Gasteiger partial charge < -0.3 is 34.0 Å². The number of unbranched alkanes of at least 4 members (excludes halogenated alkanes) is 2. The van der Waals surface area contributed by atoms with Crippen LogP contribution in [0.2, 0.25) is 0 Å². The predicted octanol–water partition coefficient (Wildman–Crippen LogP) is 4.33. The van der Waals surface area contributed by atoms with E-state index in [4.69, 9.17) is 19.3 Å². The highest BCUT2D eigenvalue weighted by Crippen LogP contribution is 2.45. The summed E-state index contributed by atoms with van der Waals surface area (Å²) in [5, 5.41) is 11.0. The van der Waals surface area contributed by atoms with Crippen molar-refractivity contribution in [3.63, 3.8) is 0 Å². The van der Waals surface area contributed by atoms with Crippen LogP contribution in [-0.4, -0.2) is 117 Å². The molecule has 0 aliphatic carbocycles. The molecule has 2 fully saturated rings. The molecule has 13 heteroatoms. The number of nitrogens with zero attached hydrogens (tertiary/aromatic N) is 3. The first kappa shape index (κ1) is 43.3. The van der Waals surface area contributed by atoms with Gasteiger partial charge in [-0.1, -0.05) is 40.5 Å². The number of carbonyl (C=O) groups is 3. The number of quaternary nitrogens is 1. The Balaban J connectivity index is 0.000000493. The molecule has 3 heterocycles. The van der Waals surface area contributed by atoms with Crippen molar-refractivity contribution >= 4 is 29.1 Å². The van der Waals surface area contributed by atoms with E-state index < -0.39 is 5.30 Å². The number of nitrogens with two attached hydrogens (primary N) is 1. The summed E-state index contributed by atoms with van der Waals surface area (Å²) in [7, 11) is 7.91. The number of methoxy groups -OCH3 is 1. The van der Waals surface area contributed by atoms with E-state index in [1.807, 2.05) is 25.7 Å². The van der Waals surface area contributed by atoms with Crippen molar-refractivity contribution in [2.24, 2.45) is 10.6 Å². The van der Waals surface area contributed by atoms with Gasteiger partial charge in [-0.25, -0.2) is 4.79 Å². The molecule has 3 aliphatic rings. The quantitative estimate of drug-likeness (QED) is 0.287. The standard InChI is InChI=1S/C23H36N2O4.C8H15NO.C3H9N.CH3NO2S/c1-5-7-9-24(10-8-6-2)22(26)15-25-14-19(11-17(25)3)18-12-20(27-4)23-21(13-18)28-16-29-23;1-4-9-6-5-8(2,3)7(9)10;1-4(2)3;2-5-1(3)4/h12-13,17,19H,5-11,14-16H2,1-4H3;4-6H2,1-3H3;1-3H3;2H2,(H,3,4)/p+1/t17-,19+;;;/m0.../s1. The van der Waals surface area contributed by atoms with E-state index >= 15 is 0 Å². The van der Waals surface area contributed by atoms with Crippen molar-refractivity contribution in [3.05, 3.63) is 17.7 Å². The van der Waals surface area contributed by atoms with Crippen LogP contribution in [0.25, 0.3) is 0 Å². The van der Waals surface area contributed by atoms with Crippen molar-refractivity contribution in [2.75, 3.05) is 74.3 Å². The molecule has 12 nitrogen and oxygen atoms in total. The largest absolute Gasteiger partial charge is 0.493 e. The Hall–Kier alpha value is -2.74. The topological polar surface area (TPSA) is 139 Å². The normalized spacial score (nSPS) is 19.1. The Morgan fingerprint density at radius 3 is 2.15 bits per heavy atom. The highest BCUT2D eigenvalue weighted by molar-refractivity contribution is 8.11. The maximum absolute atomic E-state index is 13.0. The van der Waals surface area contributed by atoms with E-state index in [0.29, 0.717) is 42.1 Å². The van der Waals surface area contributed by atoms with Crippen molar-refractivity contribution in [3.8, 4) is 17.2 Å². The van der Waals surface area contributed by atoms with E-state index in [1.54, 1.807) is 7.11 Å². The zero-order chi connectivity index (χ0) is 36.4. The second-order valence-corrected chi connectivity index (χ2v) is 14.2. The van der Waals surface area contributed by atoms with Crippen LogP contribution in [0.1, 0.15) is 91.5 Å². The first-order valence-corrected chi connectivity index (χ1v) is 18.2. The zero-order valence-corrected chi connectivity index (χ0v) is 32.0. The molecule has 48 heavy (non-hydrogen) atoms. The molecule has 0 unspecified atom stereocenters. The van der Waals surface area contributed by atoms with E-state index in [1.165, 1.54) is 10.5 Å². The predicted molar refractivity (Wildman–Crippen MR) is 193 cm³/mol. The molecule has 0 spiro atoms. The van der Waals surface area contributed by atoms with Crippen molar-refractivity contribution in [2.45, 2.75) is 92.0 Å². The molecular formula is C35H64N5O7S+. The van der Waals surface area contributed by atoms with Crippen LogP contribution in [0, 0.1) is 5.41 Å². The van der Waals surface area contributed by atoms with Gasteiger partial charge in [0.1, 0.15) is 0 Å². The van der Waals surface area contributed by atoms with Gasteiger partial charge in [0, 0.05) is 56.1 Å². The number of fused-ring (bicyclic) bond motifs is 1. The minimum Gasteiger partial charge on any atom is -0.493 e. The molecule has 0 saturated carbocycles. The molecule has 2 amide bonds. The smallest absolute Gasteiger partial charge is 0.379 e. The average molecular weight is 699 g/mol. The van der Waals surface area contributed by atoms with Gasteiger partial charge in [0.25, 0.3) is 0 Å². The van der Waals surface area contributed by atoms with Crippen LogP contribution in [-0.2, 0) is 9.59 Å². The number of ether oxygens (including phenoxy) is 3. The fraction of sp³-hybridized carbons (Fsp3) is 0.743. The summed E-state index contributed by atoms with van der Waals surface area (Å²) in [4.78, 5) is 41.3. The fourth-order valence-corrected chi connectivity index (χ4v) is 5.63. The molecule has 276 valence electrons. The van der Waals surface area contributed by atoms with Gasteiger partial charge in [0.15, 0.2) is 11.5 Å². The third-order valence-corrected chi connectivity index (χ3v) is 8.67. The highest BCUT2D eigenvalue weighted by atomic mass is 32.2. The van der Waals surface area contributed by atoms with Gasteiger partial charge in [0.2, 0.25) is 24.4 Å². The number of benzene rings is 1. The molecule has 0 radical (unpaired) electrons. The minimum atomic E-state index is -1.05. The van der Waals surface area contributed by atoms with Crippen LogP contribution in [0.5, 0.6) is 17.2 Å². The van der Waals surface area contributed by atoms with Crippen molar-refractivity contribution in [1.82, 2.24) is 14.7 Å². The van der Waals surface area contributed by atoms with Gasteiger partial charge >= 0.3 is 5.30 Å². The summed E-state index contributed by atoms with van der Waals surface area (Å²) in [6.07, 6.45) is 6.42. The number of nitrogens with one attached hydrogen (secondary N) is 1. The Labute approximate surface area is 293 Å². The number of amides is 2. The molecule has 0 bridgehead atoms.